The van der Waals surface area contributed by atoms with Gasteiger partial charge in [-0.3, -0.25) is 4.79 Å². The van der Waals surface area contributed by atoms with E-state index in [0.717, 1.165) is 9.88 Å². The first-order chi connectivity index (χ1) is 8.08. The van der Waals surface area contributed by atoms with Gasteiger partial charge in [0.2, 0.25) is 5.91 Å². The Balaban J connectivity index is 1.99. The Hall–Kier alpha value is -1.20. The fraction of sp³-hybridized carbons (Fsp3) is 0.333. The lowest BCUT2D eigenvalue weighted by Crippen LogP contribution is -2.41. The number of hydrogen-bond acceptors (Lipinski definition) is 4. The number of thiazole rings is 1. The fourth-order valence-corrected chi connectivity index (χ4v) is 2.97. The van der Waals surface area contributed by atoms with E-state index < -0.39 is 5.54 Å². The second kappa shape index (κ2) is 4.98. The standard InChI is InChI=1S/C12H14N2OS2/c1-12(2,11-13-5-7-17-11)14-10(15)8-9-4-3-6-16-9/h3-7H,8H2,1-2H3,(H,14,15). The molecule has 5 heteroatoms. The number of rotatable bonds is 4. The molecule has 0 fully saturated rings. The van der Waals surface area contributed by atoms with Gasteiger partial charge in [0, 0.05) is 16.5 Å². The summed E-state index contributed by atoms with van der Waals surface area (Å²) in [6.45, 7) is 3.94. The molecule has 0 aromatic carbocycles. The van der Waals surface area contributed by atoms with E-state index in [4.69, 9.17) is 0 Å². The number of hydrogen-bond donors (Lipinski definition) is 1. The molecule has 2 aromatic heterocycles. The van der Waals surface area contributed by atoms with E-state index >= 15 is 0 Å². The molecule has 90 valence electrons. The minimum absolute atomic E-state index is 0.0349. The summed E-state index contributed by atoms with van der Waals surface area (Å²) in [5, 5.41) is 7.84. The highest BCUT2D eigenvalue weighted by Crippen LogP contribution is 2.22. The molecular formula is C12H14N2OS2. The Kier molecular flexibility index (Phi) is 3.59. The first kappa shape index (κ1) is 12.3. The minimum Gasteiger partial charge on any atom is -0.344 e. The molecule has 0 radical (unpaired) electrons. The van der Waals surface area contributed by atoms with Crippen LogP contribution in [0.1, 0.15) is 23.7 Å². The van der Waals surface area contributed by atoms with Crippen molar-refractivity contribution in [1.82, 2.24) is 10.3 Å². The normalized spacial score (nSPS) is 11.4. The molecule has 0 unspecified atom stereocenters. The molecule has 0 saturated heterocycles. The molecule has 2 heterocycles. The average molecular weight is 266 g/mol. The van der Waals surface area contributed by atoms with Crippen LogP contribution in [0.3, 0.4) is 0 Å². The first-order valence-electron chi connectivity index (χ1n) is 5.31. The summed E-state index contributed by atoms with van der Waals surface area (Å²) in [7, 11) is 0. The highest BCUT2D eigenvalue weighted by atomic mass is 32.1. The van der Waals surface area contributed by atoms with E-state index in [1.54, 1.807) is 28.9 Å². The highest BCUT2D eigenvalue weighted by Gasteiger charge is 2.25. The molecule has 2 rings (SSSR count). The number of carbonyl (C=O) groups is 1. The largest absolute Gasteiger partial charge is 0.344 e. The molecule has 17 heavy (non-hydrogen) atoms. The summed E-state index contributed by atoms with van der Waals surface area (Å²) in [6, 6.07) is 3.93. The maximum Gasteiger partial charge on any atom is 0.226 e. The van der Waals surface area contributed by atoms with Crippen molar-refractivity contribution in [2.45, 2.75) is 25.8 Å². The predicted octanol–water partition coefficient (Wildman–Crippen LogP) is 2.80. The zero-order valence-corrected chi connectivity index (χ0v) is 11.4. The first-order valence-corrected chi connectivity index (χ1v) is 7.07. The summed E-state index contributed by atoms with van der Waals surface area (Å²) >= 11 is 3.16. The lowest BCUT2D eigenvalue weighted by atomic mass is 10.1. The number of nitrogens with zero attached hydrogens (tertiary/aromatic N) is 1. The van der Waals surface area contributed by atoms with Crippen molar-refractivity contribution in [3.05, 3.63) is 39.0 Å². The zero-order valence-electron chi connectivity index (χ0n) is 9.77. The van der Waals surface area contributed by atoms with Crippen molar-refractivity contribution >= 4 is 28.6 Å². The average Bonchev–Trinajstić information content (AvgIpc) is 2.87. The van der Waals surface area contributed by atoms with Crippen LogP contribution in [-0.4, -0.2) is 10.9 Å². The van der Waals surface area contributed by atoms with Gasteiger partial charge >= 0.3 is 0 Å². The van der Waals surface area contributed by atoms with Crippen LogP contribution in [0.2, 0.25) is 0 Å². The van der Waals surface area contributed by atoms with Crippen LogP contribution >= 0.6 is 22.7 Å². The van der Waals surface area contributed by atoms with Gasteiger partial charge in [0.15, 0.2) is 0 Å². The molecule has 0 aliphatic heterocycles. The molecule has 0 aliphatic carbocycles. The summed E-state index contributed by atoms with van der Waals surface area (Å²) in [5.74, 6) is 0.0349. The van der Waals surface area contributed by atoms with Crippen molar-refractivity contribution < 1.29 is 4.79 Å². The molecule has 1 N–H and O–H groups in total. The summed E-state index contributed by atoms with van der Waals surface area (Å²) in [5.41, 5.74) is -0.400. The lowest BCUT2D eigenvalue weighted by molar-refractivity contribution is -0.122. The number of aromatic nitrogens is 1. The summed E-state index contributed by atoms with van der Waals surface area (Å²) in [6.07, 6.45) is 2.19. The lowest BCUT2D eigenvalue weighted by Gasteiger charge is -2.23. The van der Waals surface area contributed by atoms with Crippen LogP contribution in [0.25, 0.3) is 0 Å². The topological polar surface area (TPSA) is 42.0 Å². The van der Waals surface area contributed by atoms with Gasteiger partial charge in [0.25, 0.3) is 0 Å². The van der Waals surface area contributed by atoms with E-state index in [0.29, 0.717) is 6.42 Å². The van der Waals surface area contributed by atoms with E-state index in [-0.39, 0.29) is 5.91 Å². The van der Waals surface area contributed by atoms with Gasteiger partial charge in [0.1, 0.15) is 5.01 Å². The fourth-order valence-electron chi connectivity index (χ4n) is 1.55. The summed E-state index contributed by atoms with van der Waals surface area (Å²) in [4.78, 5) is 17.2. The minimum atomic E-state index is -0.400. The molecule has 0 atom stereocenters. The Bertz CT molecular complexity index is 475. The molecule has 0 aliphatic rings. The Morgan fingerprint density at radius 1 is 1.41 bits per heavy atom. The molecular weight excluding hydrogens is 252 g/mol. The van der Waals surface area contributed by atoms with Gasteiger partial charge in [-0.2, -0.15) is 0 Å². The van der Waals surface area contributed by atoms with Gasteiger partial charge in [-0.25, -0.2) is 4.98 Å². The third-order valence-corrected chi connectivity index (χ3v) is 4.31. The summed E-state index contributed by atoms with van der Waals surface area (Å²) < 4.78 is 0. The smallest absolute Gasteiger partial charge is 0.226 e. The van der Waals surface area contributed by atoms with Crippen LogP contribution in [0.15, 0.2) is 29.1 Å². The van der Waals surface area contributed by atoms with Gasteiger partial charge in [-0.05, 0) is 25.3 Å². The molecule has 2 aromatic rings. The van der Waals surface area contributed by atoms with Gasteiger partial charge < -0.3 is 5.32 Å². The Morgan fingerprint density at radius 2 is 2.24 bits per heavy atom. The quantitative estimate of drug-likeness (QED) is 0.924. The van der Waals surface area contributed by atoms with Gasteiger partial charge in [-0.1, -0.05) is 6.07 Å². The van der Waals surface area contributed by atoms with Crippen LogP contribution in [-0.2, 0) is 16.8 Å². The molecule has 3 nitrogen and oxygen atoms in total. The maximum absolute atomic E-state index is 11.9. The number of amides is 1. The molecule has 0 spiro atoms. The van der Waals surface area contributed by atoms with Crippen LogP contribution in [0.4, 0.5) is 0 Å². The van der Waals surface area contributed by atoms with Crippen molar-refractivity contribution in [2.24, 2.45) is 0 Å². The number of carbonyl (C=O) groups excluding carboxylic acids is 1. The molecule has 0 saturated carbocycles. The van der Waals surface area contributed by atoms with Crippen molar-refractivity contribution in [3.63, 3.8) is 0 Å². The monoisotopic (exact) mass is 266 g/mol. The molecule has 0 bridgehead atoms. The predicted molar refractivity (Wildman–Crippen MR) is 71.3 cm³/mol. The third kappa shape index (κ3) is 3.14. The van der Waals surface area contributed by atoms with E-state index in [1.165, 1.54) is 0 Å². The Morgan fingerprint density at radius 3 is 2.82 bits per heavy atom. The van der Waals surface area contributed by atoms with Gasteiger partial charge in [-0.15, -0.1) is 22.7 Å². The van der Waals surface area contributed by atoms with Crippen LogP contribution in [0, 0.1) is 0 Å². The SMILES string of the molecule is CC(C)(NC(=O)Cc1cccs1)c1nccs1. The number of nitrogens with one attached hydrogen (secondary N) is 1. The van der Waals surface area contributed by atoms with Crippen LogP contribution in [0.5, 0.6) is 0 Å². The highest BCUT2D eigenvalue weighted by molar-refractivity contribution is 7.10. The van der Waals surface area contributed by atoms with Gasteiger partial charge in [0.05, 0.1) is 12.0 Å². The van der Waals surface area contributed by atoms with E-state index in [1.807, 2.05) is 36.7 Å². The zero-order chi connectivity index (χ0) is 12.3. The van der Waals surface area contributed by atoms with E-state index in [2.05, 4.69) is 10.3 Å². The van der Waals surface area contributed by atoms with Crippen LogP contribution < -0.4 is 5.32 Å². The Labute approximate surface area is 109 Å². The third-order valence-electron chi connectivity index (χ3n) is 2.33. The second-order valence-electron chi connectivity index (χ2n) is 4.27. The van der Waals surface area contributed by atoms with E-state index in [9.17, 15) is 4.79 Å². The number of thiophene rings is 1. The second-order valence-corrected chi connectivity index (χ2v) is 6.19. The van der Waals surface area contributed by atoms with Crippen molar-refractivity contribution in [2.75, 3.05) is 0 Å². The molecule has 1 amide bonds. The maximum atomic E-state index is 11.9. The van der Waals surface area contributed by atoms with Crippen molar-refractivity contribution in [1.29, 1.82) is 0 Å². The van der Waals surface area contributed by atoms with Crippen molar-refractivity contribution in [3.8, 4) is 0 Å².